The first-order chi connectivity index (χ1) is 16.6. The molecule has 3 heterocycles. The van der Waals surface area contributed by atoms with E-state index in [1.807, 2.05) is 39.2 Å². The zero-order valence-corrected chi connectivity index (χ0v) is 20.0. The van der Waals surface area contributed by atoms with Gasteiger partial charge in [-0.1, -0.05) is 45.2 Å². The maximum absolute atomic E-state index is 14.9. The van der Waals surface area contributed by atoms with Crippen molar-refractivity contribution in [3.05, 3.63) is 66.0 Å². The molecule has 178 valence electrons. The molecule has 0 radical (unpaired) electrons. The number of nitrogens with zero attached hydrogens (tertiary/aromatic N) is 5. The summed E-state index contributed by atoms with van der Waals surface area (Å²) in [4.78, 5) is 17.3. The van der Waals surface area contributed by atoms with E-state index >= 15 is 0 Å². The van der Waals surface area contributed by atoms with Crippen LogP contribution in [0.4, 0.5) is 4.39 Å². The molecule has 34 heavy (non-hydrogen) atoms. The molecule has 1 aromatic carbocycles. The van der Waals surface area contributed by atoms with Gasteiger partial charge in [0.15, 0.2) is 5.69 Å². The van der Waals surface area contributed by atoms with Crippen LogP contribution >= 0.6 is 0 Å². The fourth-order valence-corrected chi connectivity index (χ4v) is 4.37. The van der Waals surface area contributed by atoms with Crippen molar-refractivity contribution < 1.29 is 9.18 Å². The molecule has 1 amide bonds. The number of carbonyl (C=O) groups excluding carboxylic acids is 1. The van der Waals surface area contributed by atoms with E-state index in [0.717, 1.165) is 36.8 Å². The highest BCUT2D eigenvalue weighted by Gasteiger charge is 2.22. The van der Waals surface area contributed by atoms with Gasteiger partial charge in [-0.25, -0.2) is 4.39 Å². The average Bonchev–Trinajstić information content (AvgIpc) is 3.46. The number of nitrogens with one attached hydrogen (secondary N) is 1. The molecule has 0 atom stereocenters. The Morgan fingerprint density at radius 3 is 2.65 bits per heavy atom. The predicted molar refractivity (Wildman–Crippen MR) is 131 cm³/mol. The van der Waals surface area contributed by atoms with Crippen molar-refractivity contribution in [3.8, 4) is 11.1 Å². The molecular weight excluding hydrogens is 431 g/mol. The maximum Gasteiger partial charge on any atom is 0.274 e. The van der Waals surface area contributed by atoms with Gasteiger partial charge >= 0.3 is 0 Å². The zero-order valence-electron chi connectivity index (χ0n) is 20.0. The molecule has 8 heteroatoms. The lowest BCUT2D eigenvalue weighted by Gasteiger charge is -2.22. The molecule has 1 fully saturated rings. The van der Waals surface area contributed by atoms with Crippen LogP contribution in [-0.4, -0.2) is 36.5 Å². The maximum atomic E-state index is 14.9. The number of aromatic nitrogens is 5. The smallest absolute Gasteiger partial charge is 0.274 e. The van der Waals surface area contributed by atoms with Gasteiger partial charge in [-0.05, 0) is 36.6 Å². The summed E-state index contributed by atoms with van der Waals surface area (Å²) in [6.07, 6.45) is 10.7. The minimum atomic E-state index is -0.327. The molecule has 7 nitrogen and oxygen atoms in total. The topological polar surface area (TPSA) is 77.6 Å². The summed E-state index contributed by atoms with van der Waals surface area (Å²) in [5.74, 6) is -0.543. The second kappa shape index (κ2) is 10.6. The quantitative estimate of drug-likeness (QED) is 0.447. The first-order valence-electron chi connectivity index (χ1n) is 12.0. The van der Waals surface area contributed by atoms with Crippen molar-refractivity contribution >= 4 is 16.9 Å². The third-order valence-corrected chi connectivity index (χ3v) is 6.08. The van der Waals surface area contributed by atoms with Gasteiger partial charge in [-0.3, -0.25) is 19.1 Å². The summed E-state index contributed by atoms with van der Waals surface area (Å²) >= 11 is 0. The molecule has 5 rings (SSSR count). The average molecular weight is 463 g/mol. The third-order valence-electron chi connectivity index (χ3n) is 6.08. The van der Waals surface area contributed by atoms with E-state index in [1.165, 1.54) is 12.5 Å². The normalized spacial score (nSPS) is 14.0. The van der Waals surface area contributed by atoms with Crippen LogP contribution in [0.5, 0.6) is 0 Å². The van der Waals surface area contributed by atoms with E-state index in [1.54, 1.807) is 33.9 Å². The van der Waals surface area contributed by atoms with E-state index in [0.29, 0.717) is 22.3 Å². The second-order valence-electron chi connectivity index (χ2n) is 8.39. The monoisotopic (exact) mass is 462 g/mol. The van der Waals surface area contributed by atoms with Crippen LogP contribution in [0.15, 0.2) is 48.9 Å². The fraction of sp³-hybridized carbons (Fsp3) is 0.385. The van der Waals surface area contributed by atoms with E-state index in [-0.39, 0.29) is 24.3 Å². The summed E-state index contributed by atoms with van der Waals surface area (Å²) < 4.78 is 18.3. The van der Waals surface area contributed by atoms with E-state index in [2.05, 4.69) is 20.5 Å². The van der Waals surface area contributed by atoms with Crippen molar-refractivity contribution in [2.45, 2.75) is 58.5 Å². The van der Waals surface area contributed by atoms with Gasteiger partial charge in [0.25, 0.3) is 5.91 Å². The molecule has 0 bridgehead atoms. The Labute approximate surface area is 199 Å². The Hall–Kier alpha value is -3.55. The van der Waals surface area contributed by atoms with Gasteiger partial charge in [0, 0.05) is 36.6 Å². The molecule has 0 aliphatic heterocycles. The molecule has 3 aromatic heterocycles. The van der Waals surface area contributed by atoms with E-state index in [4.69, 9.17) is 0 Å². The van der Waals surface area contributed by atoms with Crippen LogP contribution in [0.3, 0.4) is 0 Å². The van der Waals surface area contributed by atoms with Crippen LogP contribution < -0.4 is 5.32 Å². The molecule has 0 unspecified atom stereocenters. The number of amides is 1. The zero-order chi connectivity index (χ0) is 24.1. The van der Waals surface area contributed by atoms with Crippen LogP contribution in [0.1, 0.15) is 62.0 Å². The second-order valence-corrected chi connectivity index (χ2v) is 8.39. The SMILES string of the molecule is CC.Cn1cc(-c2ccc(Cn3nc(C(=O)NC4CCCCC4)c4ncccc43)c(F)c2)cn1. The van der Waals surface area contributed by atoms with E-state index < -0.39 is 0 Å². The Morgan fingerprint density at radius 2 is 1.94 bits per heavy atom. The minimum absolute atomic E-state index is 0.178. The van der Waals surface area contributed by atoms with Crippen molar-refractivity contribution in [2.75, 3.05) is 0 Å². The lowest BCUT2D eigenvalue weighted by atomic mass is 9.95. The molecule has 1 saturated carbocycles. The summed E-state index contributed by atoms with van der Waals surface area (Å²) in [6, 6.07) is 8.96. The number of halogens is 1. The fourth-order valence-electron chi connectivity index (χ4n) is 4.37. The van der Waals surface area contributed by atoms with Gasteiger partial charge in [-0.15, -0.1) is 0 Å². The summed E-state index contributed by atoms with van der Waals surface area (Å²) in [7, 11) is 1.83. The summed E-state index contributed by atoms with van der Waals surface area (Å²) in [6.45, 7) is 4.21. The van der Waals surface area contributed by atoms with Gasteiger partial charge in [-0.2, -0.15) is 10.2 Å². The largest absolute Gasteiger partial charge is 0.348 e. The number of pyridine rings is 1. The number of carbonyl (C=O) groups is 1. The van der Waals surface area contributed by atoms with Crippen LogP contribution in [0.2, 0.25) is 0 Å². The Balaban J connectivity index is 0.00000133. The Bertz CT molecular complexity index is 1270. The molecule has 1 aliphatic rings. The van der Waals surface area contributed by atoms with Gasteiger partial charge in [0.1, 0.15) is 11.3 Å². The first-order valence-corrected chi connectivity index (χ1v) is 12.0. The van der Waals surface area contributed by atoms with Crippen LogP contribution in [-0.2, 0) is 13.6 Å². The lowest BCUT2D eigenvalue weighted by Crippen LogP contribution is -2.36. The number of hydrogen-bond donors (Lipinski definition) is 1. The number of aryl methyl sites for hydroxylation is 1. The van der Waals surface area contributed by atoms with Gasteiger partial charge < -0.3 is 5.32 Å². The summed E-state index contributed by atoms with van der Waals surface area (Å²) in [5, 5.41) is 11.8. The molecule has 1 N–H and O–H groups in total. The summed E-state index contributed by atoms with van der Waals surface area (Å²) in [5.41, 5.74) is 3.64. The third kappa shape index (κ3) is 5.00. The Kier molecular flexibility index (Phi) is 7.35. The predicted octanol–water partition coefficient (Wildman–Crippen LogP) is 5.11. The lowest BCUT2D eigenvalue weighted by molar-refractivity contribution is 0.0923. The van der Waals surface area contributed by atoms with Crippen molar-refractivity contribution in [2.24, 2.45) is 7.05 Å². The molecule has 1 aliphatic carbocycles. The number of hydrogen-bond acceptors (Lipinski definition) is 4. The number of benzene rings is 1. The van der Waals surface area contributed by atoms with Gasteiger partial charge in [0.05, 0.1) is 18.3 Å². The van der Waals surface area contributed by atoms with E-state index in [9.17, 15) is 9.18 Å². The highest BCUT2D eigenvalue weighted by Crippen LogP contribution is 2.24. The van der Waals surface area contributed by atoms with Gasteiger partial charge in [0.2, 0.25) is 0 Å². The van der Waals surface area contributed by atoms with Crippen molar-refractivity contribution in [1.29, 1.82) is 0 Å². The van der Waals surface area contributed by atoms with Crippen molar-refractivity contribution in [3.63, 3.8) is 0 Å². The first kappa shape index (κ1) is 23.6. The minimum Gasteiger partial charge on any atom is -0.348 e. The number of rotatable bonds is 5. The van der Waals surface area contributed by atoms with Crippen molar-refractivity contribution in [1.82, 2.24) is 29.9 Å². The number of fused-ring (bicyclic) bond motifs is 1. The molecule has 0 spiro atoms. The standard InChI is InChI=1S/C24H25FN6O.C2H6/c1-30-14-18(13-27-30)16-9-10-17(20(25)12-16)15-31-21-8-5-11-26-22(21)23(29-31)24(32)28-19-6-3-2-4-7-19;1-2/h5,8-14,19H,2-4,6-7,15H2,1H3,(H,28,32);1-2H3. The molecule has 0 saturated heterocycles. The highest BCUT2D eigenvalue weighted by atomic mass is 19.1. The van der Waals surface area contributed by atoms with Crippen LogP contribution in [0.25, 0.3) is 22.2 Å². The van der Waals surface area contributed by atoms with Crippen LogP contribution in [0, 0.1) is 5.82 Å². The Morgan fingerprint density at radius 1 is 1.15 bits per heavy atom. The molecular formula is C26H31FN6O. The highest BCUT2D eigenvalue weighted by molar-refractivity contribution is 6.03. The molecule has 4 aromatic rings.